The number of rotatable bonds is 3. The van der Waals surface area contributed by atoms with Gasteiger partial charge in [0.2, 0.25) is 0 Å². The van der Waals surface area contributed by atoms with Gasteiger partial charge in [-0.25, -0.2) is 0 Å². The largest absolute Gasteiger partial charge is 0.435 e. The highest BCUT2D eigenvalue weighted by Crippen LogP contribution is 2.42. The Morgan fingerprint density at radius 3 is 2.71 bits per heavy atom. The summed E-state index contributed by atoms with van der Waals surface area (Å²) in [7, 11) is 0. The zero-order valence-electron chi connectivity index (χ0n) is 9.33. The van der Waals surface area contributed by atoms with Crippen LogP contribution in [0.2, 0.25) is 0 Å². The molecular formula is C11H12F3N3. The van der Waals surface area contributed by atoms with Crippen molar-refractivity contribution in [2.24, 2.45) is 5.92 Å². The van der Waals surface area contributed by atoms with Crippen LogP contribution in [0.25, 0.3) is 0 Å². The Bertz CT molecular complexity index is 452. The van der Waals surface area contributed by atoms with Crippen LogP contribution in [0.5, 0.6) is 0 Å². The van der Waals surface area contributed by atoms with Crippen molar-refractivity contribution in [2.75, 3.05) is 0 Å². The van der Waals surface area contributed by atoms with E-state index >= 15 is 0 Å². The zero-order chi connectivity index (χ0) is 12.6. The SMILES string of the molecule is C[C@@H](C#N)Cn1nc(C(F)(F)F)cc1C1CC1. The van der Waals surface area contributed by atoms with Gasteiger partial charge in [-0.1, -0.05) is 0 Å². The third-order valence-corrected chi connectivity index (χ3v) is 2.76. The molecule has 6 heteroatoms. The molecule has 1 aliphatic carbocycles. The number of halogens is 3. The first-order chi connectivity index (χ1) is 7.91. The molecule has 1 fully saturated rings. The van der Waals surface area contributed by atoms with Crippen molar-refractivity contribution < 1.29 is 13.2 Å². The van der Waals surface area contributed by atoms with Crippen LogP contribution < -0.4 is 0 Å². The molecule has 0 aliphatic heterocycles. The fourth-order valence-corrected chi connectivity index (χ4v) is 1.72. The topological polar surface area (TPSA) is 41.6 Å². The fourth-order valence-electron chi connectivity index (χ4n) is 1.72. The molecule has 0 radical (unpaired) electrons. The summed E-state index contributed by atoms with van der Waals surface area (Å²) in [4.78, 5) is 0. The van der Waals surface area contributed by atoms with Crippen LogP contribution in [0.1, 0.15) is 37.1 Å². The predicted octanol–water partition coefficient (Wildman–Crippen LogP) is 2.94. The summed E-state index contributed by atoms with van der Waals surface area (Å²) in [5.74, 6) is -0.155. The number of alkyl halides is 3. The minimum absolute atomic E-state index is 0.185. The third-order valence-electron chi connectivity index (χ3n) is 2.76. The summed E-state index contributed by atoms with van der Waals surface area (Å²) < 4.78 is 39.0. The second-order valence-corrected chi connectivity index (χ2v) is 4.44. The van der Waals surface area contributed by atoms with E-state index in [9.17, 15) is 13.2 Å². The quantitative estimate of drug-likeness (QED) is 0.819. The number of hydrogen-bond donors (Lipinski definition) is 0. The van der Waals surface area contributed by atoms with E-state index in [1.165, 1.54) is 4.68 Å². The minimum Gasteiger partial charge on any atom is -0.267 e. The van der Waals surface area contributed by atoms with Gasteiger partial charge in [-0.2, -0.15) is 23.5 Å². The second kappa shape index (κ2) is 4.06. The van der Waals surface area contributed by atoms with Gasteiger partial charge in [-0.3, -0.25) is 4.68 Å². The molecule has 0 unspecified atom stereocenters. The number of nitriles is 1. The monoisotopic (exact) mass is 243 g/mol. The van der Waals surface area contributed by atoms with Gasteiger partial charge in [-0.05, 0) is 25.8 Å². The van der Waals surface area contributed by atoms with Crippen LogP contribution in [-0.2, 0) is 12.7 Å². The minimum atomic E-state index is -4.41. The first kappa shape index (κ1) is 12.0. The summed E-state index contributed by atoms with van der Waals surface area (Å²) in [6.45, 7) is 1.89. The molecule has 0 amide bonds. The van der Waals surface area contributed by atoms with Crippen molar-refractivity contribution in [2.45, 2.75) is 38.4 Å². The van der Waals surface area contributed by atoms with Crippen molar-refractivity contribution in [1.29, 1.82) is 5.26 Å². The molecule has 1 aliphatic rings. The Morgan fingerprint density at radius 2 is 2.24 bits per heavy atom. The lowest BCUT2D eigenvalue weighted by Crippen LogP contribution is -2.12. The predicted molar refractivity (Wildman–Crippen MR) is 54.0 cm³/mol. The van der Waals surface area contributed by atoms with Crippen LogP contribution in [-0.4, -0.2) is 9.78 Å². The van der Waals surface area contributed by atoms with E-state index in [0.29, 0.717) is 5.69 Å². The molecule has 1 aromatic heterocycles. The number of aromatic nitrogens is 2. The molecular weight excluding hydrogens is 231 g/mol. The van der Waals surface area contributed by atoms with E-state index in [1.807, 2.05) is 6.07 Å². The molecule has 1 aromatic rings. The molecule has 0 aromatic carbocycles. The van der Waals surface area contributed by atoms with E-state index in [4.69, 9.17) is 5.26 Å². The maximum absolute atomic E-state index is 12.5. The van der Waals surface area contributed by atoms with E-state index in [-0.39, 0.29) is 18.4 Å². The summed E-state index contributed by atoms with van der Waals surface area (Å²) in [5.41, 5.74) is -0.246. The van der Waals surface area contributed by atoms with Crippen molar-refractivity contribution in [3.05, 3.63) is 17.5 Å². The highest BCUT2D eigenvalue weighted by atomic mass is 19.4. The number of hydrogen-bond acceptors (Lipinski definition) is 2. The Hall–Kier alpha value is -1.51. The molecule has 1 atom stereocenters. The summed E-state index contributed by atoms with van der Waals surface area (Å²) >= 11 is 0. The van der Waals surface area contributed by atoms with Crippen LogP contribution in [0.4, 0.5) is 13.2 Å². The van der Waals surface area contributed by atoms with Gasteiger partial charge in [0.25, 0.3) is 0 Å². The van der Waals surface area contributed by atoms with Crippen LogP contribution >= 0.6 is 0 Å². The lowest BCUT2D eigenvalue weighted by Gasteiger charge is -2.07. The normalized spacial score (nSPS) is 17.8. The van der Waals surface area contributed by atoms with E-state index in [1.54, 1.807) is 6.92 Å². The van der Waals surface area contributed by atoms with Gasteiger partial charge in [-0.15, -0.1) is 0 Å². The molecule has 0 spiro atoms. The highest BCUT2D eigenvalue weighted by molar-refractivity contribution is 5.21. The summed E-state index contributed by atoms with van der Waals surface area (Å²) in [6.07, 6.45) is -2.60. The summed E-state index contributed by atoms with van der Waals surface area (Å²) in [5, 5.41) is 12.3. The molecule has 3 nitrogen and oxygen atoms in total. The molecule has 92 valence electrons. The molecule has 0 bridgehead atoms. The fraction of sp³-hybridized carbons (Fsp3) is 0.636. The first-order valence-corrected chi connectivity index (χ1v) is 5.46. The molecule has 1 heterocycles. The van der Waals surface area contributed by atoms with Gasteiger partial charge in [0, 0.05) is 11.6 Å². The Kier molecular flexibility index (Phi) is 2.86. The average molecular weight is 243 g/mol. The second-order valence-electron chi connectivity index (χ2n) is 4.44. The zero-order valence-corrected chi connectivity index (χ0v) is 9.33. The Balaban J connectivity index is 2.29. The first-order valence-electron chi connectivity index (χ1n) is 5.46. The van der Waals surface area contributed by atoms with Crippen molar-refractivity contribution in [3.8, 4) is 6.07 Å². The van der Waals surface area contributed by atoms with Crippen molar-refractivity contribution in [1.82, 2.24) is 9.78 Å². The van der Waals surface area contributed by atoms with E-state index in [0.717, 1.165) is 18.9 Å². The van der Waals surface area contributed by atoms with Gasteiger partial charge in [0.1, 0.15) is 0 Å². The molecule has 1 saturated carbocycles. The summed E-state index contributed by atoms with van der Waals surface area (Å²) in [6, 6.07) is 3.12. The average Bonchev–Trinajstić information content (AvgIpc) is 2.99. The molecule has 2 rings (SSSR count). The van der Waals surface area contributed by atoms with Crippen LogP contribution in [0, 0.1) is 17.2 Å². The van der Waals surface area contributed by atoms with Crippen molar-refractivity contribution in [3.63, 3.8) is 0 Å². The van der Waals surface area contributed by atoms with Gasteiger partial charge < -0.3 is 0 Å². The lowest BCUT2D eigenvalue weighted by molar-refractivity contribution is -0.141. The Labute approximate surface area is 96.8 Å². The van der Waals surface area contributed by atoms with Gasteiger partial charge in [0.05, 0.1) is 18.5 Å². The Morgan fingerprint density at radius 1 is 1.59 bits per heavy atom. The van der Waals surface area contributed by atoms with E-state index in [2.05, 4.69) is 5.10 Å². The van der Waals surface area contributed by atoms with Gasteiger partial charge >= 0.3 is 6.18 Å². The van der Waals surface area contributed by atoms with Crippen LogP contribution in [0.3, 0.4) is 0 Å². The smallest absolute Gasteiger partial charge is 0.267 e. The maximum Gasteiger partial charge on any atom is 0.435 e. The van der Waals surface area contributed by atoms with Crippen LogP contribution in [0.15, 0.2) is 6.07 Å². The molecule has 0 N–H and O–H groups in total. The molecule has 0 saturated heterocycles. The van der Waals surface area contributed by atoms with E-state index < -0.39 is 11.9 Å². The van der Waals surface area contributed by atoms with Gasteiger partial charge in [0.15, 0.2) is 5.69 Å². The maximum atomic E-state index is 12.5. The number of nitrogens with zero attached hydrogens (tertiary/aromatic N) is 3. The lowest BCUT2D eigenvalue weighted by atomic mass is 10.2. The standard InChI is InChI=1S/C11H12F3N3/c1-7(5-15)6-17-9(8-2-3-8)4-10(16-17)11(12,13)14/h4,7-8H,2-3,6H2,1H3/t7-/m0/s1. The molecule has 17 heavy (non-hydrogen) atoms. The highest BCUT2D eigenvalue weighted by Gasteiger charge is 2.37. The van der Waals surface area contributed by atoms with Crippen molar-refractivity contribution >= 4 is 0 Å². The third kappa shape index (κ3) is 2.60.